The third-order valence-corrected chi connectivity index (χ3v) is 2.23. The molecule has 0 saturated heterocycles. The highest BCUT2D eigenvalue weighted by molar-refractivity contribution is 5.79. The molecule has 0 heterocycles. The molecule has 4 nitrogen and oxygen atoms in total. The SMILES string of the molecule is NC(CCCCNCCCCC(F)(F)F)=NO. The molecular formula is C10H20F3N3O. The molecule has 0 bridgehead atoms. The van der Waals surface area contributed by atoms with E-state index in [-0.39, 0.29) is 12.3 Å². The number of nitrogens with zero attached hydrogens (tertiary/aromatic N) is 1. The van der Waals surface area contributed by atoms with Crippen LogP contribution in [0.1, 0.15) is 38.5 Å². The molecule has 0 rings (SSSR count). The number of rotatable bonds is 9. The van der Waals surface area contributed by atoms with Gasteiger partial charge in [-0.2, -0.15) is 13.2 Å². The molecule has 0 unspecified atom stereocenters. The first-order valence-corrected chi connectivity index (χ1v) is 5.69. The van der Waals surface area contributed by atoms with E-state index in [9.17, 15) is 13.2 Å². The van der Waals surface area contributed by atoms with Crippen LogP contribution in [0.3, 0.4) is 0 Å². The molecule has 17 heavy (non-hydrogen) atoms. The number of amidine groups is 1. The Labute approximate surface area is 99.1 Å². The van der Waals surface area contributed by atoms with Crippen LogP contribution in [0.2, 0.25) is 0 Å². The van der Waals surface area contributed by atoms with Crippen molar-refractivity contribution in [1.29, 1.82) is 0 Å². The molecule has 7 heteroatoms. The normalized spacial score (nSPS) is 13.0. The zero-order valence-corrected chi connectivity index (χ0v) is 9.76. The first-order valence-electron chi connectivity index (χ1n) is 5.69. The Bertz CT molecular complexity index is 219. The molecular weight excluding hydrogens is 235 g/mol. The number of hydrogen-bond donors (Lipinski definition) is 3. The van der Waals surface area contributed by atoms with Crippen LogP contribution in [0.25, 0.3) is 0 Å². The maximum Gasteiger partial charge on any atom is 0.389 e. The summed E-state index contributed by atoms with van der Waals surface area (Å²) in [6.07, 6.45) is -1.87. The fourth-order valence-electron chi connectivity index (χ4n) is 1.31. The van der Waals surface area contributed by atoms with E-state index in [1.54, 1.807) is 0 Å². The van der Waals surface area contributed by atoms with Gasteiger partial charge in [-0.3, -0.25) is 0 Å². The van der Waals surface area contributed by atoms with Crippen molar-refractivity contribution >= 4 is 5.84 Å². The lowest BCUT2D eigenvalue weighted by Gasteiger charge is -2.06. The summed E-state index contributed by atoms with van der Waals surface area (Å²) in [6, 6.07) is 0. The van der Waals surface area contributed by atoms with Gasteiger partial charge in [-0.05, 0) is 38.8 Å². The van der Waals surface area contributed by atoms with E-state index >= 15 is 0 Å². The quantitative estimate of drug-likeness (QED) is 0.194. The number of nitrogens with one attached hydrogen (secondary N) is 1. The molecule has 0 aliphatic heterocycles. The Morgan fingerprint density at radius 2 is 1.71 bits per heavy atom. The van der Waals surface area contributed by atoms with Crippen LogP contribution in [0.4, 0.5) is 13.2 Å². The molecule has 0 aromatic heterocycles. The molecule has 0 spiro atoms. The van der Waals surface area contributed by atoms with Gasteiger partial charge in [0.05, 0.1) is 0 Å². The highest BCUT2D eigenvalue weighted by Gasteiger charge is 2.25. The Hall–Kier alpha value is -0.980. The van der Waals surface area contributed by atoms with Crippen LogP contribution < -0.4 is 11.1 Å². The standard InChI is InChI=1S/C10H20F3N3O/c11-10(12,13)6-2-4-8-15-7-3-1-5-9(14)16-17/h15,17H,1-8H2,(H2,14,16). The Morgan fingerprint density at radius 3 is 2.24 bits per heavy atom. The minimum absolute atomic E-state index is 0.167. The summed E-state index contributed by atoms with van der Waals surface area (Å²) in [5, 5.41) is 14.1. The second-order valence-electron chi connectivity index (χ2n) is 3.87. The van der Waals surface area contributed by atoms with Gasteiger partial charge < -0.3 is 16.3 Å². The molecule has 0 aliphatic carbocycles. The van der Waals surface area contributed by atoms with Gasteiger partial charge >= 0.3 is 6.18 Å². The molecule has 0 aromatic carbocycles. The van der Waals surface area contributed by atoms with Crippen LogP contribution >= 0.6 is 0 Å². The van der Waals surface area contributed by atoms with Gasteiger partial charge in [0.25, 0.3) is 0 Å². The van der Waals surface area contributed by atoms with Gasteiger partial charge in [-0.25, -0.2) is 0 Å². The predicted molar refractivity (Wildman–Crippen MR) is 60.0 cm³/mol. The summed E-state index contributed by atoms with van der Waals surface area (Å²) in [7, 11) is 0. The molecule has 0 fully saturated rings. The number of halogens is 3. The van der Waals surface area contributed by atoms with Crippen molar-refractivity contribution < 1.29 is 18.4 Å². The van der Waals surface area contributed by atoms with Crippen molar-refractivity contribution in [3.05, 3.63) is 0 Å². The van der Waals surface area contributed by atoms with Crippen molar-refractivity contribution in [2.45, 2.75) is 44.7 Å². The minimum atomic E-state index is -4.04. The second-order valence-corrected chi connectivity index (χ2v) is 3.87. The summed E-state index contributed by atoms with van der Waals surface area (Å²) in [6.45, 7) is 1.34. The largest absolute Gasteiger partial charge is 0.409 e. The van der Waals surface area contributed by atoms with E-state index in [4.69, 9.17) is 10.9 Å². The van der Waals surface area contributed by atoms with E-state index in [1.165, 1.54) is 0 Å². The summed E-state index contributed by atoms with van der Waals surface area (Å²) in [5.41, 5.74) is 5.27. The zero-order chi connectivity index (χ0) is 13.1. The molecule has 102 valence electrons. The Balaban J connectivity index is 3.14. The number of oxime groups is 1. The van der Waals surface area contributed by atoms with E-state index in [1.807, 2.05) is 0 Å². The fraction of sp³-hybridized carbons (Fsp3) is 0.900. The molecule has 0 amide bonds. The van der Waals surface area contributed by atoms with Crippen molar-refractivity contribution in [3.8, 4) is 0 Å². The van der Waals surface area contributed by atoms with Crippen LogP contribution in [0.5, 0.6) is 0 Å². The first-order chi connectivity index (χ1) is 7.95. The number of unbranched alkanes of at least 4 members (excludes halogenated alkanes) is 2. The van der Waals surface area contributed by atoms with E-state index < -0.39 is 12.6 Å². The highest BCUT2D eigenvalue weighted by Crippen LogP contribution is 2.21. The van der Waals surface area contributed by atoms with Crippen LogP contribution in [0.15, 0.2) is 5.16 Å². The molecule has 4 N–H and O–H groups in total. The third kappa shape index (κ3) is 13.0. The molecule has 0 aromatic rings. The number of hydrogen-bond acceptors (Lipinski definition) is 3. The van der Waals surface area contributed by atoms with Crippen molar-refractivity contribution in [3.63, 3.8) is 0 Å². The van der Waals surface area contributed by atoms with E-state index in [0.717, 1.165) is 19.4 Å². The van der Waals surface area contributed by atoms with Gasteiger partial charge in [-0.1, -0.05) is 5.16 Å². The fourth-order valence-corrected chi connectivity index (χ4v) is 1.31. The molecule has 0 atom stereocenters. The maximum absolute atomic E-state index is 11.8. The predicted octanol–water partition coefficient (Wildman–Crippen LogP) is 2.23. The van der Waals surface area contributed by atoms with Crippen molar-refractivity contribution in [1.82, 2.24) is 5.32 Å². The van der Waals surface area contributed by atoms with Gasteiger partial charge in [-0.15, -0.1) is 0 Å². The summed E-state index contributed by atoms with van der Waals surface area (Å²) < 4.78 is 35.3. The van der Waals surface area contributed by atoms with E-state index in [2.05, 4.69) is 10.5 Å². The highest BCUT2D eigenvalue weighted by atomic mass is 19.4. The smallest absolute Gasteiger partial charge is 0.389 e. The second kappa shape index (κ2) is 9.09. The topological polar surface area (TPSA) is 70.6 Å². The Kier molecular flexibility index (Phi) is 8.57. The summed E-state index contributed by atoms with van der Waals surface area (Å²) in [5.74, 6) is 0.204. The maximum atomic E-state index is 11.8. The molecule has 0 aliphatic rings. The van der Waals surface area contributed by atoms with Gasteiger partial charge in [0, 0.05) is 12.8 Å². The summed E-state index contributed by atoms with van der Waals surface area (Å²) >= 11 is 0. The lowest BCUT2D eigenvalue weighted by molar-refractivity contribution is -0.135. The zero-order valence-electron chi connectivity index (χ0n) is 9.76. The van der Waals surface area contributed by atoms with Gasteiger partial charge in [0.2, 0.25) is 0 Å². The van der Waals surface area contributed by atoms with Gasteiger partial charge in [0.15, 0.2) is 0 Å². The van der Waals surface area contributed by atoms with Crippen LogP contribution in [0, 0.1) is 0 Å². The number of alkyl halides is 3. The lowest BCUT2D eigenvalue weighted by Crippen LogP contribution is -2.18. The Morgan fingerprint density at radius 1 is 1.12 bits per heavy atom. The number of nitrogens with two attached hydrogens (primary N) is 1. The minimum Gasteiger partial charge on any atom is -0.409 e. The third-order valence-electron chi connectivity index (χ3n) is 2.23. The average Bonchev–Trinajstić information content (AvgIpc) is 2.25. The monoisotopic (exact) mass is 255 g/mol. The van der Waals surface area contributed by atoms with E-state index in [0.29, 0.717) is 19.4 Å². The van der Waals surface area contributed by atoms with Crippen molar-refractivity contribution in [2.24, 2.45) is 10.9 Å². The summed E-state index contributed by atoms with van der Waals surface area (Å²) in [4.78, 5) is 0. The first kappa shape index (κ1) is 16.0. The molecule has 0 radical (unpaired) electrons. The average molecular weight is 255 g/mol. The van der Waals surface area contributed by atoms with Crippen LogP contribution in [-0.2, 0) is 0 Å². The lowest BCUT2D eigenvalue weighted by atomic mass is 10.2. The van der Waals surface area contributed by atoms with Crippen molar-refractivity contribution in [2.75, 3.05) is 13.1 Å². The van der Waals surface area contributed by atoms with Gasteiger partial charge in [0.1, 0.15) is 5.84 Å². The van der Waals surface area contributed by atoms with Crippen LogP contribution in [-0.4, -0.2) is 30.3 Å². The molecule has 0 saturated carbocycles.